The highest BCUT2D eigenvalue weighted by molar-refractivity contribution is 5.84. The predicted octanol–water partition coefficient (Wildman–Crippen LogP) is 4.75. The molecule has 1 aliphatic heterocycles. The fourth-order valence-corrected chi connectivity index (χ4v) is 3.40. The van der Waals surface area contributed by atoms with E-state index >= 15 is 0 Å². The van der Waals surface area contributed by atoms with E-state index in [1.807, 2.05) is 18.2 Å². The molecule has 0 amide bonds. The highest BCUT2D eigenvalue weighted by atomic mass is 16.5. The Kier molecular flexibility index (Phi) is 4.43. The van der Waals surface area contributed by atoms with Gasteiger partial charge in [0, 0.05) is 11.9 Å². The van der Waals surface area contributed by atoms with Gasteiger partial charge >= 0.3 is 0 Å². The van der Waals surface area contributed by atoms with Crippen LogP contribution in [0.15, 0.2) is 65.2 Å². The number of likely N-dealkylation sites (tertiary alicyclic amines) is 1. The Bertz CT molecular complexity index is 814. The standard InChI is InChI=1S/C21H22N2O/c1-2-6-18(7-3-1)16-23-14-12-17(13-15-23)10-11-20-19-8-4-5-9-21(19)24-22-20/h1-11,17H,12-16H2/b11-10-. The summed E-state index contributed by atoms with van der Waals surface area (Å²) in [5.74, 6) is 0.632. The Balaban J connectivity index is 1.34. The number of benzene rings is 2. The summed E-state index contributed by atoms with van der Waals surface area (Å²) >= 11 is 0. The Morgan fingerprint density at radius 3 is 2.58 bits per heavy atom. The second-order valence-electron chi connectivity index (χ2n) is 6.52. The average molecular weight is 318 g/mol. The number of nitrogens with zero attached hydrogens (tertiary/aromatic N) is 2. The normalized spacial score (nSPS) is 17.0. The number of fused-ring (bicyclic) bond motifs is 1. The minimum Gasteiger partial charge on any atom is -0.356 e. The molecular formula is C21H22N2O. The van der Waals surface area contributed by atoms with Crippen LogP contribution in [-0.4, -0.2) is 23.1 Å². The van der Waals surface area contributed by atoms with Crippen molar-refractivity contribution in [1.29, 1.82) is 0 Å². The van der Waals surface area contributed by atoms with Crippen molar-refractivity contribution in [3.63, 3.8) is 0 Å². The molecular weight excluding hydrogens is 296 g/mol. The molecule has 1 fully saturated rings. The molecule has 0 bridgehead atoms. The fourth-order valence-electron chi connectivity index (χ4n) is 3.40. The lowest BCUT2D eigenvalue weighted by Crippen LogP contribution is -2.32. The highest BCUT2D eigenvalue weighted by Gasteiger charge is 2.17. The van der Waals surface area contributed by atoms with E-state index in [1.54, 1.807) is 0 Å². The molecule has 0 atom stereocenters. The van der Waals surface area contributed by atoms with Crippen molar-refractivity contribution in [2.75, 3.05) is 13.1 Å². The van der Waals surface area contributed by atoms with Gasteiger partial charge in [-0.25, -0.2) is 0 Å². The maximum atomic E-state index is 5.36. The summed E-state index contributed by atoms with van der Waals surface area (Å²) < 4.78 is 5.36. The van der Waals surface area contributed by atoms with E-state index in [-0.39, 0.29) is 0 Å². The molecule has 3 nitrogen and oxygen atoms in total. The average Bonchev–Trinajstić information content (AvgIpc) is 3.05. The van der Waals surface area contributed by atoms with Gasteiger partial charge in [0.05, 0.1) is 0 Å². The van der Waals surface area contributed by atoms with Crippen molar-refractivity contribution in [3.05, 3.63) is 71.9 Å². The number of aromatic nitrogens is 1. The van der Waals surface area contributed by atoms with Crippen molar-refractivity contribution in [1.82, 2.24) is 10.1 Å². The zero-order chi connectivity index (χ0) is 16.2. The monoisotopic (exact) mass is 318 g/mol. The zero-order valence-corrected chi connectivity index (χ0v) is 13.8. The molecule has 2 heterocycles. The number of hydrogen-bond acceptors (Lipinski definition) is 3. The van der Waals surface area contributed by atoms with Gasteiger partial charge < -0.3 is 4.52 Å². The summed E-state index contributed by atoms with van der Waals surface area (Å²) in [6.45, 7) is 3.37. The van der Waals surface area contributed by atoms with E-state index in [4.69, 9.17) is 4.52 Å². The van der Waals surface area contributed by atoms with Gasteiger partial charge in [-0.05, 0) is 55.6 Å². The molecule has 0 saturated carbocycles. The lowest BCUT2D eigenvalue weighted by Gasteiger charge is -2.30. The number of hydrogen-bond donors (Lipinski definition) is 0. The van der Waals surface area contributed by atoms with E-state index in [2.05, 4.69) is 58.6 Å². The van der Waals surface area contributed by atoms with Gasteiger partial charge in [-0.1, -0.05) is 53.7 Å². The molecule has 0 radical (unpaired) electrons. The van der Waals surface area contributed by atoms with Crippen LogP contribution in [0.1, 0.15) is 24.1 Å². The van der Waals surface area contributed by atoms with E-state index in [0.29, 0.717) is 5.92 Å². The summed E-state index contributed by atoms with van der Waals surface area (Å²) in [5.41, 5.74) is 3.20. The van der Waals surface area contributed by atoms with Crippen LogP contribution < -0.4 is 0 Å². The largest absolute Gasteiger partial charge is 0.356 e. The van der Waals surface area contributed by atoms with Crippen LogP contribution in [-0.2, 0) is 6.54 Å². The minimum atomic E-state index is 0.632. The van der Waals surface area contributed by atoms with Crippen molar-refractivity contribution in [2.45, 2.75) is 19.4 Å². The maximum absolute atomic E-state index is 5.36. The summed E-state index contributed by atoms with van der Waals surface area (Å²) in [6, 6.07) is 18.8. The zero-order valence-electron chi connectivity index (χ0n) is 13.8. The SMILES string of the molecule is C(=C/C1CCN(Cc2ccccc2)CC1)/c1noc2ccccc12. The molecule has 0 spiro atoms. The van der Waals surface area contributed by atoms with Crippen LogP contribution in [0.5, 0.6) is 0 Å². The van der Waals surface area contributed by atoms with Crippen LogP contribution in [0.3, 0.4) is 0 Å². The first kappa shape index (κ1) is 15.2. The third-order valence-corrected chi connectivity index (χ3v) is 4.81. The molecule has 0 unspecified atom stereocenters. The molecule has 122 valence electrons. The summed E-state index contributed by atoms with van der Waals surface area (Å²) in [4.78, 5) is 2.55. The third kappa shape index (κ3) is 3.41. The van der Waals surface area contributed by atoms with Crippen LogP contribution in [0.4, 0.5) is 0 Å². The van der Waals surface area contributed by atoms with Gasteiger partial charge in [-0.2, -0.15) is 0 Å². The van der Waals surface area contributed by atoms with E-state index in [1.165, 1.54) is 18.4 Å². The lowest BCUT2D eigenvalue weighted by molar-refractivity contribution is 0.196. The first-order valence-electron chi connectivity index (χ1n) is 8.67. The first-order valence-corrected chi connectivity index (χ1v) is 8.67. The smallest absolute Gasteiger partial charge is 0.167 e. The summed E-state index contributed by atoms with van der Waals surface area (Å²) in [7, 11) is 0. The Morgan fingerprint density at radius 1 is 1.00 bits per heavy atom. The van der Waals surface area contributed by atoms with Gasteiger partial charge in [0.2, 0.25) is 0 Å². The molecule has 1 aliphatic rings. The van der Waals surface area contributed by atoms with Gasteiger partial charge in [0.1, 0.15) is 5.69 Å². The minimum absolute atomic E-state index is 0.632. The molecule has 3 aromatic rings. The highest BCUT2D eigenvalue weighted by Crippen LogP contribution is 2.23. The molecule has 3 heteroatoms. The molecule has 1 saturated heterocycles. The van der Waals surface area contributed by atoms with Gasteiger partial charge in [-0.15, -0.1) is 0 Å². The first-order chi connectivity index (χ1) is 11.9. The molecule has 1 aromatic heterocycles. The van der Waals surface area contributed by atoms with Gasteiger partial charge in [0.15, 0.2) is 5.58 Å². The molecule has 0 aliphatic carbocycles. The van der Waals surface area contributed by atoms with Crippen LogP contribution >= 0.6 is 0 Å². The quantitative estimate of drug-likeness (QED) is 0.695. The Labute approximate surface area is 142 Å². The van der Waals surface area contributed by atoms with Gasteiger partial charge in [0.25, 0.3) is 0 Å². The second kappa shape index (κ2) is 7.02. The van der Waals surface area contributed by atoms with Crippen molar-refractivity contribution >= 4 is 17.0 Å². The molecule has 24 heavy (non-hydrogen) atoms. The summed E-state index contributed by atoms with van der Waals surface area (Å²) in [6.07, 6.45) is 6.85. The lowest BCUT2D eigenvalue weighted by atomic mass is 9.95. The van der Waals surface area contributed by atoms with Crippen molar-refractivity contribution < 1.29 is 4.52 Å². The molecule has 2 aromatic carbocycles. The van der Waals surface area contributed by atoms with Crippen molar-refractivity contribution in [2.24, 2.45) is 5.92 Å². The predicted molar refractivity (Wildman–Crippen MR) is 97.5 cm³/mol. The van der Waals surface area contributed by atoms with Crippen LogP contribution in [0.2, 0.25) is 0 Å². The number of allylic oxidation sites excluding steroid dienone is 1. The van der Waals surface area contributed by atoms with Crippen molar-refractivity contribution in [3.8, 4) is 0 Å². The maximum Gasteiger partial charge on any atom is 0.167 e. The van der Waals surface area contributed by atoms with E-state index in [9.17, 15) is 0 Å². The molecule has 4 rings (SSSR count). The summed E-state index contributed by atoms with van der Waals surface area (Å²) in [5, 5.41) is 5.27. The Hall–Kier alpha value is -2.39. The van der Waals surface area contributed by atoms with Crippen LogP contribution in [0, 0.1) is 5.92 Å². The molecule has 0 N–H and O–H groups in total. The second-order valence-corrected chi connectivity index (χ2v) is 6.52. The number of para-hydroxylation sites is 1. The fraction of sp³-hybridized carbons (Fsp3) is 0.286. The number of rotatable bonds is 4. The Morgan fingerprint density at radius 2 is 1.75 bits per heavy atom. The number of piperidine rings is 1. The van der Waals surface area contributed by atoms with E-state index in [0.717, 1.165) is 36.3 Å². The van der Waals surface area contributed by atoms with Gasteiger partial charge in [-0.3, -0.25) is 4.90 Å². The topological polar surface area (TPSA) is 29.3 Å². The third-order valence-electron chi connectivity index (χ3n) is 4.81. The van der Waals surface area contributed by atoms with Crippen LogP contribution in [0.25, 0.3) is 17.0 Å². The van der Waals surface area contributed by atoms with E-state index < -0.39 is 0 Å².